The smallest absolute Gasteiger partial charge is 0.343 e. The minimum absolute atomic E-state index is 0.280. The number of hydrogen-bond donors (Lipinski definition) is 0. The van der Waals surface area contributed by atoms with Crippen LogP contribution in [0.2, 0.25) is 5.02 Å². The van der Waals surface area contributed by atoms with Gasteiger partial charge in [0.2, 0.25) is 0 Å². The highest BCUT2D eigenvalue weighted by atomic mass is 35.5. The van der Waals surface area contributed by atoms with Crippen molar-refractivity contribution in [2.24, 2.45) is 0 Å². The Morgan fingerprint density at radius 2 is 2.24 bits per heavy atom. The van der Waals surface area contributed by atoms with Crippen molar-refractivity contribution in [2.75, 3.05) is 7.11 Å². The summed E-state index contributed by atoms with van der Waals surface area (Å²) in [5, 5.41) is 4.31. The molecule has 2 aromatic rings. The van der Waals surface area contributed by atoms with Gasteiger partial charge < -0.3 is 9.26 Å². The van der Waals surface area contributed by atoms with Crippen molar-refractivity contribution in [1.29, 1.82) is 0 Å². The van der Waals surface area contributed by atoms with Crippen LogP contribution in [0.4, 0.5) is 0 Å². The third-order valence-electron chi connectivity index (χ3n) is 2.22. The van der Waals surface area contributed by atoms with Gasteiger partial charge in [-0.1, -0.05) is 16.8 Å². The largest absolute Gasteiger partial charge is 0.465 e. The molecule has 2 heterocycles. The highest BCUT2D eigenvalue weighted by Gasteiger charge is 2.22. The van der Waals surface area contributed by atoms with E-state index in [1.807, 2.05) is 0 Å². The Labute approximate surface area is 102 Å². The van der Waals surface area contributed by atoms with E-state index >= 15 is 0 Å². The number of ether oxygens (including phenoxy) is 1. The average Bonchev–Trinajstić information content (AvgIpc) is 2.71. The molecule has 2 rings (SSSR count). The fourth-order valence-corrected chi connectivity index (χ4v) is 1.52. The van der Waals surface area contributed by atoms with Crippen molar-refractivity contribution >= 4 is 17.6 Å². The van der Waals surface area contributed by atoms with Gasteiger partial charge in [0.1, 0.15) is 17.0 Å². The van der Waals surface area contributed by atoms with E-state index in [-0.39, 0.29) is 5.56 Å². The Balaban J connectivity index is 2.52. The van der Waals surface area contributed by atoms with Crippen LogP contribution < -0.4 is 0 Å². The number of esters is 1. The molecule has 0 fully saturated rings. The van der Waals surface area contributed by atoms with E-state index in [0.717, 1.165) is 0 Å². The summed E-state index contributed by atoms with van der Waals surface area (Å²) >= 11 is 5.74. The van der Waals surface area contributed by atoms with Crippen LogP contribution in [0.25, 0.3) is 11.4 Å². The summed E-state index contributed by atoms with van der Waals surface area (Å²) in [6.07, 6.45) is 1.47. The minimum Gasteiger partial charge on any atom is -0.465 e. The number of aromatic nitrogens is 2. The molecular formula is C11H9ClN2O3. The Morgan fingerprint density at radius 3 is 2.82 bits per heavy atom. The van der Waals surface area contributed by atoms with Gasteiger partial charge in [0.15, 0.2) is 0 Å². The predicted molar refractivity (Wildman–Crippen MR) is 60.8 cm³/mol. The number of halogens is 1. The van der Waals surface area contributed by atoms with Gasteiger partial charge in [-0.05, 0) is 19.1 Å². The van der Waals surface area contributed by atoms with Crippen LogP contribution >= 0.6 is 11.6 Å². The quantitative estimate of drug-likeness (QED) is 0.768. The third kappa shape index (κ3) is 2.14. The molecule has 0 spiro atoms. The zero-order valence-electron chi connectivity index (χ0n) is 9.23. The second kappa shape index (κ2) is 4.55. The van der Waals surface area contributed by atoms with Crippen molar-refractivity contribution in [1.82, 2.24) is 10.1 Å². The van der Waals surface area contributed by atoms with Gasteiger partial charge in [0.05, 0.1) is 17.8 Å². The summed E-state index contributed by atoms with van der Waals surface area (Å²) < 4.78 is 9.65. The molecule has 0 bridgehead atoms. The van der Waals surface area contributed by atoms with E-state index in [9.17, 15) is 4.79 Å². The van der Waals surface area contributed by atoms with Gasteiger partial charge in [-0.15, -0.1) is 0 Å². The summed E-state index contributed by atoms with van der Waals surface area (Å²) in [4.78, 5) is 15.7. The van der Waals surface area contributed by atoms with Gasteiger partial charge >= 0.3 is 5.97 Å². The molecule has 6 heteroatoms. The van der Waals surface area contributed by atoms with Gasteiger partial charge in [0, 0.05) is 6.20 Å². The molecule has 88 valence electrons. The highest BCUT2D eigenvalue weighted by Crippen LogP contribution is 2.24. The zero-order valence-corrected chi connectivity index (χ0v) is 9.99. The SMILES string of the molecule is COC(=O)c1c(-c2ccc(Cl)cn2)noc1C. The van der Waals surface area contributed by atoms with E-state index in [2.05, 4.69) is 14.9 Å². The molecule has 0 unspecified atom stereocenters. The minimum atomic E-state index is -0.504. The standard InChI is InChI=1S/C11H9ClN2O3/c1-6-9(11(15)16-2)10(14-17-6)8-4-3-7(12)5-13-8/h3-5H,1-2H3. The molecule has 0 radical (unpaired) electrons. The number of rotatable bonds is 2. The van der Waals surface area contributed by atoms with Crippen molar-refractivity contribution in [3.8, 4) is 11.4 Å². The molecule has 5 nitrogen and oxygen atoms in total. The first kappa shape index (κ1) is 11.6. The molecular weight excluding hydrogens is 244 g/mol. The summed E-state index contributed by atoms with van der Waals surface area (Å²) in [5.74, 6) is -0.112. The van der Waals surface area contributed by atoms with Crippen LogP contribution in [-0.2, 0) is 4.74 Å². The third-order valence-corrected chi connectivity index (χ3v) is 2.45. The van der Waals surface area contributed by atoms with E-state index < -0.39 is 5.97 Å². The number of carbonyl (C=O) groups excluding carboxylic acids is 1. The predicted octanol–water partition coefficient (Wildman–Crippen LogP) is 2.49. The summed E-state index contributed by atoms with van der Waals surface area (Å²) in [7, 11) is 1.30. The number of aryl methyl sites for hydroxylation is 1. The van der Waals surface area contributed by atoms with Crippen LogP contribution in [-0.4, -0.2) is 23.2 Å². The Bertz CT molecular complexity index is 548. The number of hydrogen-bond acceptors (Lipinski definition) is 5. The fraction of sp³-hybridized carbons (Fsp3) is 0.182. The molecule has 17 heavy (non-hydrogen) atoms. The van der Waals surface area contributed by atoms with Crippen LogP contribution in [0, 0.1) is 6.92 Å². The number of pyridine rings is 1. The zero-order chi connectivity index (χ0) is 12.4. The molecule has 0 aliphatic rings. The van der Waals surface area contributed by atoms with Crippen LogP contribution in [0.15, 0.2) is 22.9 Å². The first-order chi connectivity index (χ1) is 8.13. The van der Waals surface area contributed by atoms with Gasteiger partial charge in [0.25, 0.3) is 0 Å². The lowest BCUT2D eigenvalue weighted by Gasteiger charge is -2.00. The molecule has 0 N–H and O–H groups in total. The first-order valence-corrected chi connectivity index (χ1v) is 5.17. The number of methoxy groups -OCH3 is 1. The Kier molecular flexibility index (Phi) is 3.10. The molecule has 0 saturated carbocycles. The summed E-state index contributed by atoms with van der Waals surface area (Å²) in [6.45, 7) is 1.64. The first-order valence-electron chi connectivity index (χ1n) is 4.80. The Hall–Kier alpha value is -1.88. The second-order valence-electron chi connectivity index (χ2n) is 3.32. The van der Waals surface area contributed by atoms with E-state index in [1.165, 1.54) is 13.3 Å². The van der Waals surface area contributed by atoms with Gasteiger partial charge in [-0.25, -0.2) is 4.79 Å². The number of nitrogens with zero attached hydrogens (tertiary/aromatic N) is 2. The van der Waals surface area contributed by atoms with Crippen LogP contribution in [0.5, 0.6) is 0 Å². The molecule has 0 aliphatic carbocycles. The topological polar surface area (TPSA) is 65.2 Å². The monoisotopic (exact) mass is 252 g/mol. The maximum Gasteiger partial charge on any atom is 0.343 e. The maximum absolute atomic E-state index is 11.6. The molecule has 0 atom stereocenters. The molecule has 0 saturated heterocycles. The van der Waals surface area contributed by atoms with Crippen molar-refractivity contribution in [2.45, 2.75) is 6.92 Å². The lowest BCUT2D eigenvalue weighted by Crippen LogP contribution is -2.04. The molecule has 0 amide bonds. The normalized spacial score (nSPS) is 10.3. The fourth-order valence-electron chi connectivity index (χ4n) is 1.41. The van der Waals surface area contributed by atoms with E-state index in [0.29, 0.717) is 22.2 Å². The summed E-state index contributed by atoms with van der Waals surface area (Å²) in [5.41, 5.74) is 1.14. The second-order valence-corrected chi connectivity index (χ2v) is 3.75. The van der Waals surface area contributed by atoms with Crippen LogP contribution in [0.1, 0.15) is 16.1 Å². The van der Waals surface area contributed by atoms with E-state index in [1.54, 1.807) is 19.1 Å². The van der Waals surface area contributed by atoms with E-state index in [4.69, 9.17) is 16.1 Å². The van der Waals surface area contributed by atoms with Crippen molar-refractivity contribution in [3.05, 3.63) is 34.7 Å². The number of carbonyl (C=O) groups is 1. The lowest BCUT2D eigenvalue weighted by atomic mass is 10.1. The molecule has 2 aromatic heterocycles. The van der Waals surface area contributed by atoms with Gasteiger partial charge in [-0.3, -0.25) is 4.98 Å². The average molecular weight is 253 g/mol. The van der Waals surface area contributed by atoms with Crippen molar-refractivity contribution in [3.63, 3.8) is 0 Å². The van der Waals surface area contributed by atoms with Crippen LogP contribution in [0.3, 0.4) is 0 Å². The van der Waals surface area contributed by atoms with Gasteiger partial charge in [-0.2, -0.15) is 0 Å². The molecule has 0 aliphatic heterocycles. The lowest BCUT2D eigenvalue weighted by molar-refractivity contribution is 0.0599. The molecule has 0 aromatic carbocycles. The maximum atomic E-state index is 11.6. The highest BCUT2D eigenvalue weighted by molar-refractivity contribution is 6.30. The summed E-state index contributed by atoms with van der Waals surface area (Å²) in [6, 6.07) is 3.32. The Morgan fingerprint density at radius 1 is 1.47 bits per heavy atom. The van der Waals surface area contributed by atoms with Crippen molar-refractivity contribution < 1.29 is 14.1 Å².